The maximum Gasteiger partial charge on any atom is 0.274 e. The van der Waals surface area contributed by atoms with Gasteiger partial charge < -0.3 is 14.5 Å². The average molecular weight is 375 g/mol. The number of hydrogen-bond acceptors (Lipinski definition) is 5. The lowest BCUT2D eigenvalue weighted by molar-refractivity contribution is -0.133. The number of rotatable bonds is 3. The van der Waals surface area contributed by atoms with Gasteiger partial charge in [-0.15, -0.1) is 0 Å². The molecule has 8 heteroatoms. The summed E-state index contributed by atoms with van der Waals surface area (Å²) in [5.74, 6) is 0.151. The minimum absolute atomic E-state index is 0.0370. The second-order valence-electron chi connectivity index (χ2n) is 7.65. The van der Waals surface area contributed by atoms with Gasteiger partial charge in [-0.25, -0.2) is 0 Å². The third-order valence-corrected chi connectivity index (χ3v) is 5.69. The number of aromatic nitrogens is 2. The first-order valence-corrected chi connectivity index (χ1v) is 10.1. The predicted molar refractivity (Wildman–Crippen MR) is 99.3 cm³/mol. The van der Waals surface area contributed by atoms with E-state index in [1.807, 2.05) is 15.6 Å². The van der Waals surface area contributed by atoms with Gasteiger partial charge >= 0.3 is 0 Å². The lowest BCUT2D eigenvalue weighted by Crippen LogP contribution is -2.42. The lowest BCUT2D eigenvalue weighted by Gasteiger charge is -2.29. The Kier molecular flexibility index (Phi) is 5.73. The van der Waals surface area contributed by atoms with Crippen LogP contribution in [0.3, 0.4) is 0 Å². The highest BCUT2D eigenvalue weighted by atomic mass is 16.5. The molecular formula is C19H29N5O3. The van der Waals surface area contributed by atoms with Crippen molar-refractivity contribution in [3.05, 3.63) is 17.5 Å². The first-order chi connectivity index (χ1) is 13.2. The van der Waals surface area contributed by atoms with Crippen molar-refractivity contribution in [3.63, 3.8) is 0 Å². The molecule has 0 aliphatic carbocycles. The topological polar surface area (TPSA) is 70.9 Å². The number of nitrogens with zero attached hydrogens (tertiary/aromatic N) is 5. The van der Waals surface area contributed by atoms with Crippen molar-refractivity contribution >= 4 is 11.8 Å². The number of amides is 2. The summed E-state index contributed by atoms with van der Waals surface area (Å²) in [4.78, 5) is 31.5. The van der Waals surface area contributed by atoms with E-state index in [9.17, 15) is 9.59 Å². The van der Waals surface area contributed by atoms with Crippen LogP contribution in [-0.2, 0) is 22.6 Å². The Balaban J connectivity index is 1.41. The first-order valence-electron chi connectivity index (χ1n) is 10.1. The number of aryl methyl sites for hydroxylation is 1. The Morgan fingerprint density at radius 3 is 2.48 bits per heavy atom. The summed E-state index contributed by atoms with van der Waals surface area (Å²) >= 11 is 0. The molecule has 4 rings (SSSR count). The van der Waals surface area contributed by atoms with E-state index in [0.717, 1.165) is 38.3 Å². The number of fused-ring (bicyclic) bond motifs is 1. The molecule has 27 heavy (non-hydrogen) atoms. The van der Waals surface area contributed by atoms with Crippen molar-refractivity contribution in [2.24, 2.45) is 0 Å². The molecule has 0 radical (unpaired) electrons. The Morgan fingerprint density at radius 2 is 1.70 bits per heavy atom. The van der Waals surface area contributed by atoms with Gasteiger partial charge in [0.2, 0.25) is 5.91 Å². The molecule has 0 bridgehead atoms. The van der Waals surface area contributed by atoms with Gasteiger partial charge in [-0.3, -0.25) is 19.2 Å². The third-order valence-electron chi connectivity index (χ3n) is 5.69. The number of carbonyl (C=O) groups is 2. The summed E-state index contributed by atoms with van der Waals surface area (Å²) in [5, 5.41) is 4.53. The zero-order valence-electron chi connectivity index (χ0n) is 15.9. The van der Waals surface area contributed by atoms with Crippen molar-refractivity contribution in [2.45, 2.75) is 38.8 Å². The summed E-state index contributed by atoms with van der Waals surface area (Å²) < 4.78 is 7.22. The lowest BCUT2D eigenvalue weighted by atomic mass is 10.1. The Bertz CT molecular complexity index is 677. The zero-order chi connectivity index (χ0) is 18.6. The Morgan fingerprint density at radius 1 is 0.926 bits per heavy atom. The van der Waals surface area contributed by atoms with E-state index in [1.54, 1.807) is 4.90 Å². The van der Waals surface area contributed by atoms with E-state index in [-0.39, 0.29) is 11.8 Å². The highest BCUT2D eigenvalue weighted by molar-refractivity contribution is 5.92. The SMILES string of the molecule is O=C(CN1CCCCC1)N1CCCn2nc(C(=O)N3CCOCC3)cc2C1. The molecule has 0 aromatic carbocycles. The highest BCUT2D eigenvalue weighted by Gasteiger charge is 2.26. The van der Waals surface area contributed by atoms with Crippen LogP contribution in [0, 0.1) is 0 Å². The van der Waals surface area contributed by atoms with Crippen LogP contribution in [0.5, 0.6) is 0 Å². The highest BCUT2D eigenvalue weighted by Crippen LogP contribution is 2.17. The molecule has 0 spiro atoms. The molecule has 3 aliphatic heterocycles. The molecule has 0 N–H and O–H groups in total. The van der Waals surface area contributed by atoms with Gasteiger partial charge in [0.25, 0.3) is 5.91 Å². The molecule has 1 aromatic heterocycles. The smallest absolute Gasteiger partial charge is 0.274 e. The monoisotopic (exact) mass is 375 g/mol. The summed E-state index contributed by atoms with van der Waals surface area (Å²) in [5.41, 5.74) is 1.44. The number of morpholine rings is 1. The quantitative estimate of drug-likeness (QED) is 0.773. The average Bonchev–Trinajstić information content (AvgIpc) is 3.00. The normalized spacial score (nSPS) is 21.6. The van der Waals surface area contributed by atoms with E-state index >= 15 is 0 Å². The molecule has 2 fully saturated rings. The zero-order valence-corrected chi connectivity index (χ0v) is 15.9. The van der Waals surface area contributed by atoms with Crippen LogP contribution in [0.15, 0.2) is 6.07 Å². The van der Waals surface area contributed by atoms with Gasteiger partial charge in [-0.05, 0) is 38.4 Å². The molecule has 148 valence electrons. The molecule has 4 heterocycles. The second kappa shape index (κ2) is 8.39. The third kappa shape index (κ3) is 4.32. The number of carbonyl (C=O) groups excluding carboxylic acids is 2. The predicted octanol–water partition coefficient (Wildman–Crippen LogP) is 0.574. The molecule has 0 unspecified atom stereocenters. The van der Waals surface area contributed by atoms with Crippen LogP contribution in [0.25, 0.3) is 0 Å². The van der Waals surface area contributed by atoms with Crippen molar-refractivity contribution in [2.75, 3.05) is 52.5 Å². The Hall–Kier alpha value is -1.93. The van der Waals surface area contributed by atoms with Crippen molar-refractivity contribution in [3.8, 4) is 0 Å². The molecule has 3 aliphatic rings. The van der Waals surface area contributed by atoms with Gasteiger partial charge in [0.15, 0.2) is 5.69 Å². The van der Waals surface area contributed by atoms with Gasteiger partial charge in [-0.2, -0.15) is 5.10 Å². The van der Waals surface area contributed by atoms with E-state index in [4.69, 9.17) is 4.74 Å². The van der Waals surface area contributed by atoms with E-state index < -0.39 is 0 Å². The summed E-state index contributed by atoms with van der Waals surface area (Å²) in [7, 11) is 0. The van der Waals surface area contributed by atoms with Crippen LogP contribution >= 0.6 is 0 Å². The molecule has 0 atom stereocenters. The second-order valence-corrected chi connectivity index (χ2v) is 7.65. The number of piperidine rings is 1. The van der Waals surface area contributed by atoms with E-state index in [0.29, 0.717) is 45.1 Å². The summed E-state index contributed by atoms with van der Waals surface area (Å²) in [6.45, 7) is 6.98. The van der Waals surface area contributed by atoms with Crippen molar-refractivity contribution in [1.82, 2.24) is 24.5 Å². The van der Waals surface area contributed by atoms with Crippen molar-refractivity contribution < 1.29 is 14.3 Å². The molecule has 2 saturated heterocycles. The van der Waals surface area contributed by atoms with Crippen LogP contribution in [0.1, 0.15) is 41.9 Å². The van der Waals surface area contributed by atoms with Crippen LogP contribution in [-0.4, -0.2) is 88.8 Å². The van der Waals surface area contributed by atoms with Gasteiger partial charge in [0.05, 0.1) is 32.0 Å². The van der Waals surface area contributed by atoms with E-state index in [1.165, 1.54) is 19.3 Å². The van der Waals surface area contributed by atoms with Gasteiger partial charge in [0.1, 0.15) is 0 Å². The Labute approximate surface area is 160 Å². The standard InChI is InChI=1S/C19H29N5O3/c25-18(15-21-5-2-1-3-6-21)23-7-4-8-24-16(14-23)13-17(20-24)19(26)22-9-11-27-12-10-22/h13H,1-12,14-15H2. The van der Waals surface area contributed by atoms with Crippen LogP contribution in [0.2, 0.25) is 0 Å². The van der Waals surface area contributed by atoms with Crippen molar-refractivity contribution in [1.29, 1.82) is 0 Å². The molecule has 0 saturated carbocycles. The largest absolute Gasteiger partial charge is 0.378 e. The number of hydrogen-bond donors (Lipinski definition) is 0. The fraction of sp³-hybridized carbons (Fsp3) is 0.737. The van der Waals surface area contributed by atoms with E-state index in [2.05, 4.69) is 10.00 Å². The summed E-state index contributed by atoms with van der Waals surface area (Å²) in [6.07, 6.45) is 4.51. The minimum atomic E-state index is -0.0370. The molecule has 1 aromatic rings. The number of ether oxygens (including phenoxy) is 1. The molecule has 2 amide bonds. The number of likely N-dealkylation sites (tertiary alicyclic amines) is 1. The maximum atomic E-state index is 12.8. The minimum Gasteiger partial charge on any atom is -0.378 e. The fourth-order valence-electron chi connectivity index (χ4n) is 4.12. The first kappa shape index (κ1) is 18.4. The van der Waals surface area contributed by atoms with Crippen LogP contribution < -0.4 is 0 Å². The fourth-order valence-corrected chi connectivity index (χ4v) is 4.12. The summed E-state index contributed by atoms with van der Waals surface area (Å²) in [6, 6.07) is 1.87. The maximum absolute atomic E-state index is 12.8. The molecule has 8 nitrogen and oxygen atoms in total. The van der Waals surface area contributed by atoms with Gasteiger partial charge in [-0.1, -0.05) is 6.42 Å². The van der Waals surface area contributed by atoms with Crippen LogP contribution in [0.4, 0.5) is 0 Å². The molecular weight excluding hydrogens is 346 g/mol. The van der Waals surface area contributed by atoms with Gasteiger partial charge in [0, 0.05) is 26.2 Å².